The second-order valence-electron chi connectivity index (χ2n) is 4.02. The van der Waals surface area contributed by atoms with Crippen molar-refractivity contribution in [1.82, 2.24) is 0 Å². The molecule has 0 atom stereocenters. The number of benzene rings is 2. The summed E-state index contributed by atoms with van der Waals surface area (Å²) in [5.74, 6) is 0.0688. The number of Topliss-reactive ketones (excluding diaryl/α,β-unsaturated/α-hetero) is 1. The monoisotopic (exact) mass is 244 g/mol. The average molecular weight is 245 g/mol. The molecule has 17 heavy (non-hydrogen) atoms. The number of rotatable bonds is 3. The van der Waals surface area contributed by atoms with Crippen molar-refractivity contribution in [1.29, 1.82) is 0 Å². The summed E-state index contributed by atoms with van der Waals surface area (Å²) in [5.41, 5.74) is 2.58. The van der Waals surface area contributed by atoms with Crippen LogP contribution in [0.15, 0.2) is 48.5 Å². The summed E-state index contributed by atoms with van der Waals surface area (Å²) in [6.07, 6.45) is 0.394. The van der Waals surface area contributed by atoms with E-state index in [4.69, 9.17) is 11.6 Å². The Morgan fingerprint density at radius 3 is 2.41 bits per heavy atom. The van der Waals surface area contributed by atoms with Crippen LogP contribution >= 0.6 is 11.6 Å². The number of hydrogen-bond acceptors (Lipinski definition) is 1. The molecule has 0 bridgehead atoms. The topological polar surface area (TPSA) is 17.1 Å². The summed E-state index contributed by atoms with van der Waals surface area (Å²) in [7, 11) is 0. The molecule has 0 saturated heterocycles. The Morgan fingerprint density at radius 2 is 1.76 bits per heavy atom. The molecule has 0 unspecified atom stereocenters. The quantitative estimate of drug-likeness (QED) is 0.744. The second-order valence-corrected chi connectivity index (χ2v) is 4.42. The van der Waals surface area contributed by atoms with Crippen LogP contribution in [0.3, 0.4) is 0 Å². The molecule has 0 aliphatic rings. The van der Waals surface area contributed by atoms with Gasteiger partial charge in [0.2, 0.25) is 0 Å². The Balaban J connectivity index is 2.27. The molecule has 0 aromatic heterocycles. The van der Waals surface area contributed by atoms with Crippen LogP contribution < -0.4 is 0 Å². The maximum absolute atomic E-state index is 12.2. The van der Waals surface area contributed by atoms with Gasteiger partial charge in [-0.3, -0.25) is 4.79 Å². The van der Waals surface area contributed by atoms with Crippen molar-refractivity contribution in [2.24, 2.45) is 0 Å². The van der Waals surface area contributed by atoms with Crippen LogP contribution in [0.5, 0.6) is 0 Å². The fraction of sp³-hybridized carbons (Fsp3) is 0.133. The van der Waals surface area contributed by atoms with Crippen LogP contribution in [-0.4, -0.2) is 5.78 Å². The Kier molecular flexibility index (Phi) is 3.60. The van der Waals surface area contributed by atoms with Crippen molar-refractivity contribution in [3.63, 3.8) is 0 Å². The predicted molar refractivity (Wildman–Crippen MR) is 70.7 cm³/mol. The van der Waals surface area contributed by atoms with E-state index in [-0.39, 0.29) is 5.78 Å². The molecule has 0 N–H and O–H groups in total. The van der Waals surface area contributed by atoms with Gasteiger partial charge in [-0.2, -0.15) is 0 Å². The molecule has 0 amide bonds. The molecule has 0 fully saturated rings. The lowest BCUT2D eigenvalue weighted by atomic mass is 9.99. The average Bonchev–Trinajstić information content (AvgIpc) is 2.30. The minimum atomic E-state index is 0.0688. The molecule has 0 spiro atoms. The first-order chi connectivity index (χ1) is 8.18. The number of carbonyl (C=O) groups excluding carboxylic acids is 1. The minimum Gasteiger partial charge on any atom is -0.294 e. The van der Waals surface area contributed by atoms with E-state index in [0.717, 1.165) is 11.1 Å². The Labute approximate surface area is 106 Å². The summed E-state index contributed by atoms with van der Waals surface area (Å²) < 4.78 is 0. The van der Waals surface area contributed by atoms with E-state index >= 15 is 0 Å². The molecule has 0 saturated carbocycles. The molecule has 2 aromatic rings. The first-order valence-corrected chi connectivity index (χ1v) is 5.88. The zero-order valence-corrected chi connectivity index (χ0v) is 10.4. The lowest BCUT2D eigenvalue weighted by Crippen LogP contribution is -2.06. The summed E-state index contributed by atoms with van der Waals surface area (Å²) in [6, 6.07) is 15.2. The molecule has 0 aliphatic carbocycles. The smallest absolute Gasteiger partial charge is 0.168 e. The van der Waals surface area contributed by atoms with Crippen LogP contribution in [0.1, 0.15) is 21.5 Å². The summed E-state index contributed by atoms with van der Waals surface area (Å²) >= 11 is 6.07. The van der Waals surface area contributed by atoms with Gasteiger partial charge in [-0.15, -0.1) is 0 Å². The molecule has 2 rings (SSSR count). The van der Waals surface area contributed by atoms with Crippen molar-refractivity contribution in [2.75, 3.05) is 0 Å². The van der Waals surface area contributed by atoms with Gasteiger partial charge in [-0.05, 0) is 24.1 Å². The molecule has 0 aliphatic heterocycles. The molecule has 2 aromatic carbocycles. The van der Waals surface area contributed by atoms with Crippen LogP contribution in [0.4, 0.5) is 0 Å². The highest BCUT2D eigenvalue weighted by molar-refractivity contribution is 6.34. The van der Waals surface area contributed by atoms with Crippen molar-refractivity contribution in [3.05, 3.63) is 70.2 Å². The van der Waals surface area contributed by atoms with Crippen molar-refractivity contribution >= 4 is 17.4 Å². The zero-order chi connectivity index (χ0) is 12.3. The van der Waals surface area contributed by atoms with Gasteiger partial charge >= 0.3 is 0 Å². The van der Waals surface area contributed by atoms with Crippen LogP contribution in [0, 0.1) is 6.92 Å². The maximum Gasteiger partial charge on any atom is 0.168 e. The fourth-order valence-electron chi connectivity index (χ4n) is 1.85. The molecular weight excluding hydrogens is 232 g/mol. The van der Waals surface area contributed by atoms with Crippen LogP contribution in [-0.2, 0) is 6.42 Å². The van der Waals surface area contributed by atoms with E-state index in [1.165, 1.54) is 0 Å². The normalized spacial score (nSPS) is 10.2. The van der Waals surface area contributed by atoms with Gasteiger partial charge < -0.3 is 0 Å². The molecule has 0 radical (unpaired) electrons. The van der Waals surface area contributed by atoms with Crippen LogP contribution in [0.2, 0.25) is 5.02 Å². The number of ketones is 1. The highest BCUT2D eigenvalue weighted by Gasteiger charge is 2.13. The van der Waals surface area contributed by atoms with Crippen molar-refractivity contribution in [2.45, 2.75) is 13.3 Å². The fourth-order valence-corrected chi connectivity index (χ4v) is 2.18. The lowest BCUT2D eigenvalue weighted by molar-refractivity contribution is 0.0992. The highest BCUT2D eigenvalue weighted by atomic mass is 35.5. The Morgan fingerprint density at radius 1 is 1.06 bits per heavy atom. The van der Waals surface area contributed by atoms with E-state index in [9.17, 15) is 4.79 Å². The van der Waals surface area contributed by atoms with Gasteiger partial charge in [0.15, 0.2) is 5.78 Å². The van der Waals surface area contributed by atoms with Gasteiger partial charge in [-0.1, -0.05) is 54.1 Å². The number of aryl methyl sites for hydroxylation is 1. The number of halogens is 1. The predicted octanol–water partition coefficient (Wildman–Crippen LogP) is 4.07. The van der Waals surface area contributed by atoms with Gasteiger partial charge in [0.05, 0.1) is 5.02 Å². The summed E-state index contributed by atoms with van der Waals surface area (Å²) in [4.78, 5) is 12.2. The maximum atomic E-state index is 12.2. The third-order valence-corrected chi connectivity index (χ3v) is 3.02. The first-order valence-electron chi connectivity index (χ1n) is 5.50. The summed E-state index contributed by atoms with van der Waals surface area (Å²) in [6.45, 7) is 1.91. The number of hydrogen-bond donors (Lipinski definition) is 0. The standard InChI is InChI=1S/C15H13ClO/c1-11-6-5-9-13(16)15(11)14(17)10-12-7-3-2-4-8-12/h2-9H,10H2,1H3. The third kappa shape index (κ3) is 2.75. The largest absolute Gasteiger partial charge is 0.294 e. The Bertz CT molecular complexity index is 512. The zero-order valence-electron chi connectivity index (χ0n) is 9.61. The van der Waals surface area contributed by atoms with Gasteiger partial charge in [0, 0.05) is 12.0 Å². The van der Waals surface area contributed by atoms with E-state index < -0.39 is 0 Å². The molecule has 86 valence electrons. The Hall–Kier alpha value is -1.60. The van der Waals surface area contributed by atoms with Gasteiger partial charge in [-0.25, -0.2) is 0 Å². The van der Waals surface area contributed by atoms with Crippen molar-refractivity contribution in [3.8, 4) is 0 Å². The van der Waals surface area contributed by atoms with Crippen molar-refractivity contribution < 1.29 is 4.79 Å². The molecule has 1 nitrogen and oxygen atoms in total. The highest BCUT2D eigenvalue weighted by Crippen LogP contribution is 2.21. The molecular formula is C15H13ClO. The van der Waals surface area contributed by atoms with E-state index in [1.807, 2.05) is 49.4 Å². The summed E-state index contributed by atoms with van der Waals surface area (Å²) in [5, 5.41) is 0.533. The molecule has 2 heteroatoms. The third-order valence-electron chi connectivity index (χ3n) is 2.71. The van der Waals surface area contributed by atoms with E-state index in [2.05, 4.69) is 0 Å². The first kappa shape index (κ1) is 11.9. The second kappa shape index (κ2) is 5.15. The van der Waals surface area contributed by atoms with Gasteiger partial charge in [0.25, 0.3) is 0 Å². The number of carbonyl (C=O) groups is 1. The van der Waals surface area contributed by atoms with Crippen LogP contribution in [0.25, 0.3) is 0 Å². The van der Waals surface area contributed by atoms with E-state index in [1.54, 1.807) is 6.07 Å². The molecule has 0 heterocycles. The minimum absolute atomic E-state index is 0.0688. The lowest BCUT2D eigenvalue weighted by Gasteiger charge is -2.07. The van der Waals surface area contributed by atoms with Gasteiger partial charge in [0.1, 0.15) is 0 Å². The SMILES string of the molecule is Cc1cccc(Cl)c1C(=O)Cc1ccccc1. The van der Waals surface area contributed by atoms with E-state index in [0.29, 0.717) is 17.0 Å².